The Balaban J connectivity index is 1.34. The molecule has 0 fully saturated rings. The lowest BCUT2D eigenvalue weighted by Crippen LogP contribution is -2.21. The molecule has 9 heteroatoms. The van der Waals surface area contributed by atoms with Gasteiger partial charge in [-0.25, -0.2) is 4.99 Å². The van der Waals surface area contributed by atoms with Gasteiger partial charge in [-0.1, -0.05) is 24.2 Å². The average Bonchev–Trinajstić information content (AvgIpc) is 3.15. The van der Waals surface area contributed by atoms with Crippen LogP contribution in [0.25, 0.3) is 0 Å². The van der Waals surface area contributed by atoms with Crippen LogP contribution in [0.1, 0.15) is 37.3 Å². The number of carbonyl (C=O) groups is 2. The van der Waals surface area contributed by atoms with Crippen molar-refractivity contribution in [2.45, 2.75) is 50.3 Å². The van der Waals surface area contributed by atoms with Crippen molar-refractivity contribution in [3.05, 3.63) is 35.9 Å². The molecule has 0 saturated carbocycles. The molecule has 0 radical (unpaired) electrons. The van der Waals surface area contributed by atoms with Crippen molar-refractivity contribution in [1.82, 2.24) is 14.8 Å². The van der Waals surface area contributed by atoms with Crippen LogP contribution in [0.15, 0.2) is 29.3 Å². The maximum absolute atomic E-state index is 12.4. The fraction of sp³-hybridized carbons (Fsp3) is 0.450. The smallest absolute Gasteiger partial charge is 0.260 e. The average molecular weight is 414 g/mol. The second kappa shape index (κ2) is 8.77. The van der Waals surface area contributed by atoms with E-state index in [9.17, 15) is 9.59 Å². The lowest BCUT2D eigenvalue weighted by Gasteiger charge is -2.10. The highest BCUT2D eigenvalue weighted by Crippen LogP contribution is 2.28. The Morgan fingerprint density at radius 3 is 3.07 bits per heavy atom. The molecule has 1 aromatic heterocycles. The molecule has 2 aromatic rings. The third-order valence-electron chi connectivity index (χ3n) is 5.01. The van der Waals surface area contributed by atoms with Gasteiger partial charge in [-0.15, -0.1) is 10.2 Å². The molecule has 2 aliphatic heterocycles. The van der Waals surface area contributed by atoms with Gasteiger partial charge in [0.25, 0.3) is 5.91 Å². The molecule has 8 nitrogen and oxygen atoms in total. The number of hydrogen-bond acceptors (Lipinski definition) is 6. The van der Waals surface area contributed by atoms with Crippen molar-refractivity contribution in [3.8, 4) is 5.75 Å². The summed E-state index contributed by atoms with van der Waals surface area (Å²) in [6.07, 6.45) is 4.95. The van der Waals surface area contributed by atoms with Crippen LogP contribution in [0.5, 0.6) is 5.75 Å². The van der Waals surface area contributed by atoms with Gasteiger partial charge in [0.15, 0.2) is 0 Å². The molecule has 29 heavy (non-hydrogen) atoms. The molecule has 0 bridgehead atoms. The molecule has 1 aromatic carbocycles. The van der Waals surface area contributed by atoms with E-state index < -0.39 is 5.25 Å². The molecule has 3 heterocycles. The number of aromatic nitrogens is 3. The zero-order chi connectivity index (χ0) is 20.2. The van der Waals surface area contributed by atoms with E-state index >= 15 is 0 Å². The first-order valence-corrected chi connectivity index (χ1v) is 10.6. The van der Waals surface area contributed by atoms with Crippen LogP contribution in [-0.2, 0) is 29.0 Å². The highest BCUT2D eigenvalue weighted by Gasteiger charge is 2.31. The van der Waals surface area contributed by atoms with Crippen molar-refractivity contribution in [2.24, 2.45) is 4.99 Å². The standard InChI is InChI=1S/C20H23N5O3S/c1-28-14-7-5-6-13(10-14)21-18(26)11-15-20(27)22-19(29-15)12-17-24-23-16-8-3-2-4-9-25(16)17/h5-7,10,15H,2-4,8-9,11-12H2,1H3,(H,21,26)/t15-/m0/s1. The summed E-state index contributed by atoms with van der Waals surface area (Å²) in [4.78, 5) is 28.8. The molecule has 2 aliphatic rings. The predicted octanol–water partition coefficient (Wildman–Crippen LogP) is 2.62. The van der Waals surface area contributed by atoms with Gasteiger partial charge in [0.1, 0.15) is 22.6 Å². The number of anilines is 1. The quantitative estimate of drug-likeness (QED) is 0.782. The summed E-state index contributed by atoms with van der Waals surface area (Å²) in [5.74, 6) is 2.04. The van der Waals surface area contributed by atoms with Gasteiger partial charge in [-0.2, -0.15) is 0 Å². The van der Waals surface area contributed by atoms with Crippen molar-refractivity contribution in [1.29, 1.82) is 0 Å². The van der Waals surface area contributed by atoms with E-state index in [1.54, 1.807) is 31.4 Å². The first-order chi connectivity index (χ1) is 14.1. The van der Waals surface area contributed by atoms with Gasteiger partial charge in [0, 0.05) is 31.1 Å². The minimum absolute atomic E-state index is 0.0750. The van der Waals surface area contributed by atoms with Crippen LogP contribution in [0.2, 0.25) is 0 Å². The number of aryl methyl sites for hydroxylation is 1. The molecule has 4 rings (SSSR count). The van der Waals surface area contributed by atoms with E-state index in [-0.39, 0.29) is 18.2 Å². The number of benzene rings is 1. The Morgan fingerprint density at radius 1 is 1.31 bits per heavy atom. The Hall–Kier alpha value is -2.68. The number of ether oxygens (including phenoxy) is 1. The normalized spacial score (nSPS) is 18.7. The summed E-state index contributed by atoms with van der Waals surface area (Å²) in [5, 5.41) is 11.6. The van der Waals surface area contributed by atoms with Gasteiger partial charge < -0.3 is 14.6 Å². The van der Waals surface area contributed by atoms with Crippen molar-refractivity contribution >= 4 is 34.3 Å². The van der Waals surface area contributed by atoms with Gasteiger partial charge >= 0.3 is 0 Å². The maximum atomic E-state index is 12.4. The number of carbonyl (C=O) groups excluding carboxylic acids is 2. The topological polar surface area (TPSA) is 98.5 Å². The number of nitrogens with zero attached hydrogens (tertiary/aromatic N) is 4. The number of fused-ring (bicyclic) bond motifs is 1. The van der Waals surface area contributed by atoms with Crippen molar-refractivity contribution < 1.29 is 14.3 Å². The summed E-state index contributed by atoms with van der Waals surface area (Å²) >= 11 is 1.35. The molecule has 152 valence electrons. The largest absolute Gasteiger partial charge is 0.497 e. The van der Waals surface area contributed by atoms with Gasteiger partial charge in [-0.05, 0) is 25.0 Å². The van der Waals surface area contributed by atoms with E-state index in [2.05, 4.69) is 25.1 Å². The molecule has 2 amide bonds. The van der Waals surface area contributed by atoms with Crippen LogP contribution in [0.3, 0.4) is 0 Å². The third kappa shape index (κ3) is 4.67. The summed E-state index contributed by atoms with van der Waals surface area (Å²) in [6.45, 7) is 0.913. The van der Waals surface area contributed by atoms with Gasteiger partial charge in [0.2, 0.25) is 5.91 Å². The van der Waals surface area contributed by atoms with Gasteiger partial charge in [-0.3, -0.25) is 9.59 Å². The molecule has 1 N–H and O–H groups in total. The van der Waals surface area contributed by atoms with Crippen LogP contribution in [0.4, 0.5) is 5.69 Å². The molecule has 0 spiro atoms. The zero-order valence-electron chi connectivity index (χ0n) is 16.3. The molecule has 0 saturated heterocycles. The van der Waals surface area contributed by atoms with E-state index in [1.807, 2.05) is 0 Å². The molecular formula is C20H23N5O3S. The van der Waals surface area contributed by atoms with E-state index in [0.717, 1.165) is 37.5 Å². The number of methoxy groups -OCH3 is 1. The molecule has 0 unspecified atom stereocenters. The van der Waals surface area contributed by atoms with Crippen molar-refractivity contribution in [3.63, 3.8) is 0 Å². The summed E-state index contributed by atoms with van der Waals surface area (Å²) in [6, 6.07) is 7.12. The highest BCUT2D eigenvalue weighted by atomic mass is 32.2. The Kier molecular flexibility index (Phi) is 5.94. The number of aliphatic imine (C=N–C) groups is 1. The monoisotopic (exact) mass is 413 g/mol. The fourth-order valence-electron chi connectivity index (χ4n) is 3.54. The highest BCUT2D eigenvalue weighted by molar-refractivity contribution is 8.15. The number of thioether (sulfide) groups is 1. The maximum Gasteiger partial charge on any atom is 0.260 e. The van der Waals surface area contributed by atoms with Crippen LogP contribution < -0.4 is 10.1 Å². The SMILES string of the molecule is COc1cccc(NC(=O)C[C@@H]2SC(Cc3nnc4n3CCCCC4)=NC2=O)c1. The number of rotatable bonds is 6. The zero-order valence-corrected chi connectivity index (χ0v) is 17.1. The van der Waals surface area contributed by atoms with Crippen LogP contribution >= 0.6 is 11.8 Å². The van der Waals surface area contributed by atoms with Gasteiger partial charge in [0.05, 0.1) is 18.6 Å². The second-order valence-electron chi connectivity index (χ2n) is 7.11. The Labute approximate surface area is 173 Å². The van der Waals surface area contributed by atoms with E-state index in [1.165, 1.54) is 18.2 Å². The first-order valence-electron chi connectivity index (χ1n) is 9.75. The molecule has 1 atom stereocenters. The van der Waals surface area contributed by atoms with Crippen LogP contribution in [-0.4, -0.2) is 44.0 Å². The lowest BCUT2D eigenvalue weighted by molar-refractivity contribution is -0.121. The number of hydrogen-bond donors (Lipinski definition) is 1. The minimum atomic E-state index is -0.498. The van der Waals surface area contributed by atoms with E-state index in [0.29, 0.717) is 22.9 Å². The minimum Gasteiger partial charge on any atom is -0.497 e. The van der Waals surface area contributed by atoms with E-state index in [4.69, 9.17) is 4.74 Å². The third-order valence-corrected chi connectivity index (χ3v) is 6.17. The first kappa shape index (κ1) is 19.6. The predicted molar refractivity (Wildman–Crippen MR) is 111 cm³/mol. The molecular weight excluding hydrogens is 390 g/mol. The van der Waals surface area contributed by atoms with Crippen LogP contribution in [0, 0.1) is 0 Å². The summed E-state index contributed by atoms with van der Waals surface area (Å²) in [7, 11) is 1.57. The Morgan fingerprint density at radius 2 is 2.21 bits per heavy atom. The fourth-order valence-corrected chi connectivity index (χ4v) is 4.61. The lowest BCUT2D eigenvalue weighted by atomic mass is 10.2. The summed E-state index contributed by atoms with van der Waals surface area (Å²) in [5.41, 5.74) is 0.636. The molecule has 0 aliphatic carbocycles. The second-order valence-corrected chi connectivity index (χ2v) is 8.38. The Bertz CT molecular complexity index is 955. The van der Waals surface area contributed by atoms with Crippen molar-refractivity contribution in [2.75, 3.05) is 12.4 Å². The number of nitrogens with one attached hydrogen (secondary N) is 1. The number of amides is 2. The summed E-state index contributed by atoms with van der Waals surface area (Å²) < 4.78 is 7.31.